The zero-order chi connectivity index (χ0) is 24.3. The average molecular weight is 468 g/mol. The molecule has 1 amide bonds. The molecule has 1 aliphatic heterocycles. The predicted molar refractivity (Wildman–Crippen MR) is 132 cm³/mol. The summed E-state index contributed by atoms with van der Waals surface area (Å²) < 4.78 is 31.8. The van der Waals surface area contributed by atoms with E-state index in [1.807, 2.05) is 13.0 Å². The van der Waals surface area contributed by atoms with Gasteiger partial charge in [-0.05, 0) is 91.5 Å². The number of hydrogen-bond acceptors (Lipinski definition) is 5. The van der Waals surface area contributed by atoms with Crippen LogP contribution in [0.4, 0.5) is 11.4 Å². The zero-order valence-electron chi connectivity index (χ0n) is 20.9. The topological polar surface area (TPSA) is 87.7 Å². The minimum atomic E-state index is -3.34. The van der Waals surface area contributed by atoms with Gasteiger partial charge in [-0.1, -0.05) is 0 Å². The van der Waals surface area contributed by atoms with Gasteiger partial charge in [0.15, 0.2) is 0 Å². The zero-order valence-corrected chi connectivity index (χ0v) is 21.7. The molecule has 3 atom stereocenters. The molecule has 1 aromatic rings. The molecule has 0 aromatic heterocycles. The molecule has 0 saturated carbocycles. The summed E-state index contributed by atoms with van der Waals surface area (Å²) in [4.78, 5) is 14.8. The molecule has 0 spiro atoms. The standard InChI is InChI=1S/C24H41N3O4S/c1-16-15-27(19(4)20(5)31-16)22-13-12-21(17(2)18(22)3)26-23(28)11-9-10-14-25-32(29,30)24(6,7)8/h12-13,16,19-20,25H,9-11,14-15H2,1-8H3,(H,26,28)/t16-,19?,20+/m0/s1. The fraction of sp³-hybridized carbons (Fsp3) is 0.708. The van der Waals surface area contributed by atoms with Crippen LogP contribution in [0.1, 0.15) is 71.9 Å². The second kappa shape index (κ2) is 10.5. The van der Waals surface area contributed by atoms with Crippen molar-refractivity contribution in [3.05, 3.63) is 23.3 Å². The summed E-state index contributed by atoms with van der Waals surface area (Å²) in [7, 11) is -3.34. The maximum absolute atomic E-state index is 12.4. The Morgan fingerprint density at radius 1 is 1.12 bits per heavy atom. The van der Waals surface area contributed by atoms with Crippen molar-refractivity contribution >= 4 is 27.3 Å². The summed E-state index contributed by atoms with van der Waals surface area (Å²) in [6, 6.07) is 4.34. The van der Waals surface area contributed by atoms with Gasteiger partial charge in [0, 0.05) is 30.9 Å². The molecule has 1 saturated heterocycles. The molecular weight excluding hydrogens is 426 g/mol. The van der Waals surface area contributed by atoms with Crippen molar-refractivity contribution < 1.29 is 17.9 Å². The molecule has 7 nitrogen and oxygen atoms in total. The monoisotopic (exact) mass is 467 g/mol. The summed E-state index contributed by atoms with van der Waals surface area (Å²) >= 11 is 0. The summed E-state index contributed by atoms with van der Waals surface area (Å²) in [5.74, 6) is -0.0547. The number of sulfonamides is 1. The molecule has 0 aliphatic carbocycles. The van der Waals surface area contributed by atoms with Crippen LogP contribution in [0, 0.1) is 13.8 Å². The van der Waals surface area contributed by atoms with Crippen molar-refractivity contribution in [3.63, 3.8) is 0 Å². The van der Waals surface area contributed by atoms with Gasteiger partial charge in [-0.15, -0.1) is 0 Å². The van der Waals surface area contributed by atoms with Gasteiger partial charge in [0.1, 0.15) is 0 Å². The van der Waals surface area contributed by atoms with E-state index in [0.717, 1.165) is 23.4 Å². The maximum atomic E-state index is 12.4. The highest BCUT2D eigenvalue weighted by atomic mass is 32.2. The molecule has 2 N–H and O–H groups in total. The Bertz CT molecular complexity index is 909. The van der Waals surface area contributed by atoms with Crippen molar-refractivity contribution in [2.45, 2.75) is 97.6 Å². The van der Waals surface area contributed by atoms with E-state index >= 15 is 0 Å². The van der Waals surface area contributed by atoms with Gasteiger partial charge in [-0.25, -0.2) is 13.1 Å². The summed E-state index contributed by atoms with van der Waals surface area (Å²) in [5, 5.41) is 3.02. The Hall–Kier alpha value is -1.64. The van der Waals surface area contributed by atoms with E-state index in [1.165, 1.54) is 5.69 Å². The second-order valence-electron chi connectivity index (χ2n) is 9.94. The lowest BCUT2D eigenvalue weighted by Crippen LogP contribution is -2.52. The Morgan fingerprint density at radius 3 is 2.41 bits per heavy atom. The molecule has 1 aliphatic rings. The summed E-state index contributed by atoms with van der Waals surface area (Å²) in [6.45, 7) is 16.7. The first-order valence-corrected chi connectivity index (χ1v) is 13.0. The normalized spacial score (nSPS) is 22.1. The molecule has 8 heteroatoms. The molecule has 182 valence electrons. The highest BCUT2D eigenvalue weighted by Crippen LogP contribution is 2.33. The predicted octanol–water partition coefficient (Wildman–Crippen LogP) is 4.13. The highest BCUT2D eigenvalue weighted by Gasteiger charge is 2.31. The number of ether oxygens (including phenoxy) is 1. The van der Waals surface area contributed by atoms with Gasteiger partial charge in [0.2, 0.25) is 15.9 Å². The van der Waals surface area contributed by atoms with Gasteiger partial charge >= 0.3 is 0 Å². The van der Waals surface area contributed by atoms with Crippen LogP contribution in [0.5, 0.6) is 0 Å². The average Bonchev–Trinajstić information content (AvgIpc) is 2.67. The number of nitrogens with zero attached hydrogens (tertiary/aromatic N) is 1. The lowest BCUT2D eigenvalue weighted by Gasteiger charge is -2.43. The molecule has 32 heavy (non-hydrogen) atoms. The molecule has 0 bridgehead atoms. The third kappa shape index (κ3) is 6.45. The van der Waals surface area contributed by atoms with E-state index in [-0.39, 0.29) is 24.2 Å². The third-order valence-corrected chi connectivity index (χ3v) is 8.54. The van der Waals surface area contributed by atoms with Crippen LogP contribution in [0.15, 0.2) is 12.1 Å². The third-order valence-electron chi connectivity index (χ3n) is 6.34. The first kappa shape index (κ1) is 26.6. The van der Waals surface area contributed by atoms with Gasteiger partial charge in [-0.3, -0.25) is 4.79 Å². The van der Waals surface area contributed by atoms with E-state index in [1.54, 1.807) is 20.8 Å². The van der Waals surface area contributed by atoms with Crippen molar-refractivity contribution in [2.24, 2.45) is 0 Å². The smallest absolute Gasteiger partial charge is 0.224 e. The quantitative estimate of drug-likeness (QED) is 0.561. The van der Waals surface area contributed by atoms with Crippen LogP contribution in [0.25, 0.3) is 0 Å². The van der Waals surface area contributed by atoms with Crippen LogP contribution in [0.3, 0.4) is 0 Å². The van der Waals surface area contributed by atoms with Crippen molar-refractivity contribution in [1.82, 2.24) is 4.72 Å². The van der Waals surface area contributed by atoms with Crippen molar-refractivity contribution in [3.8, 4) is 0 Å². The Labute approximate surface area is 194 Å². The Kier molecular flexibility index (Phi) is 8.76. The number of carbonyl (C=O) groups excluding carboxylic acids is 1. The largest absolute Gasteiger partial charge is 0.372 e. The van der Waals surface area contributed by atoms with Gasteiger partial charge in [0.25, 0.3) is 0 Å². The van der Waals surface area contributed by atoms with Crippen LogP contribution >= 0.6 is 0 Å². The van der Waals surface area contributed by atoms with Crippen molar-refractivity contribution in [2.75, 3.05) is 23.3 Å². The Balaban J connectivity index is 1.92. The number of benzene rings is 1. The number of hydrogen-bond donors (Lipinski definition) is 2. The van der Waals surface area contributed by atoms with Crippen LogP contribution in [-0.2, 0) is 19.6 Å². The van der Waals surface area contributed by atoms with Gasteiger partial charge in [0.05, 0.1) is 23.0 Å². The van der Waals surface area contributed by atoms with Gasteiger partial charge in [-0.2, -0.15) is 0 Å². The molecule has 1 aromatic carbocycles. The van der Waals surface area contributed by atoms with Crippen LogP contribution < -0.4 is 14.9 Å². The second-order valence-corrected chi connectivity index (χ2v) is 12.5. The number of carbonyl (C=O) groups is 1. The highest BCUT2D eigenvalue weighted by molar-refractivity contribution is 7.90. The Morgan fingerprint density at radius 2 is 1.78 bits per heavy atom. The minimum absolute atomic E-state index is 0.0547. The fourth-order valence-electron chi connectivity index (χ4n) is 3.84. The molecule has 1 unspecified atom stereocenters. The van der Waals surface area contributed by atoms with Gasteiger partial charge < -0.3 is 15.0 Å². The maximum Gasteiger partial charge on any atom is 0.224 e. The van der Waals surface area contributed by atoms with E-state index in [0.29, 0.717) is 25.8 Å². The number of rotatable bonds is 8. The first-order valence-electron chi connectivity index (χ1n) is 11.6. The molecule has 0 radical (unpaired) electrons. The number of anilines is 2. The first-order chi connectivity index (χ1) is 14.7. The number of nitrogens with one attached hydrogen (secondary N) is 2. The minimum Gasteiger partial charge on any atom is -0.372 e. The number of unbranched alkanes of at least 4 members (excludes halogenated alkanes) is 1. The summed E-state index contributed by atoms with van der Waals surface area (Å²) in [5.41, 5.74) is 4.23. The molecule has 1 fully saturated rings. The van der Waals surface area contributed by atoms with E-state index in [9.17, 15) is 13.2 Å². The fourth-order valence-corrected chi connectivity index (χ4v) is 4.68. The molecular formula is C24H41N3O4S. The van der Waals surface area contributed by atoms with Crippen LogP contribution in [-0.4, -0.2) is 50.4 Å². The van der Waals surface area contributed by atoms with E-state index in [4.69, 9.17) is 4.74 Å². The van der Waals surface area contributed by atoms with Crippen LogP contribution in [0.2, 0.25) is 0 Å². The van der Waals surface area contributed by atoms with Crippen molar-refractivity contribution in [1.29, 1.82) is 0 Å². The van der Waals surface area contributed by atoms with E-state index in [2.05, 4.69) is 48.7 Å². The number of morpholine rings is 1. The molecule has 1 heterocycles. The number of amides is 1. The molecule has 2 rings (SSSR count). The lowest BCUT2D eigenvalue weighted by atomic mass is 10.0. The lowest BCUT2D eigenvalue weighted by molar-refractivity contribution is -0.116. The SMILES string of the molecule is Cc1c(NC(=O)CCCCNS(=O)(=O)C(C)(C)C)ccc(N2C[C@H](C)O[C@H](C)C2C)c1C. The van der Waals surface area contributed by atoms with E-state index < -0.39 is 14.8 Å². The summed E-state index contributed by atoms with van der Waals surface area (Å²) in [6.07, 6.45) is 1.92.